The number of thioether (sulfide) groups is 1. The molecule has 0 bridgehead atoms. The van der Waals surface area contributed by atoms with Gasteiger partial charge in [0.15, 0.2) is 15.9 Å². The van der Waals surface area contributed by atoms with Gasteiger partial charge in [-0.25, -0.2) is 4.98 Å². The van der Waals surface area contributed by atoms with E-state index in [1.54, 1.807) is 24.3 Å². The number of nitrogens with zero attached hydrogens (tertiary/aromatic N) is 2. The van der Waals surface area contributed by atoms with Gasteiger partial charge in [-0.2, -0.15) is 5.10 Å². The van der Waals surface area contributed by atoms with E-state index in [0.29, 0.717) is 11.3 Å². The Balaban J connectivity index is 1.72. The molecular formula is C15H12BrClN4O2S. The second-order valence-corrected chi connectivity index (χ2v) is 7.22. The summed E-state index contributed by atoms with van der Waals surface area (Å²) in [6, 6.07) is 10.5. The Kier molecular flexibility index (Phi) is 5.09. The largest absolute Gasteiger partial charge is 0.365 e. The summed E-state index contributed by atoms with van der Waals surface area (Å²) in [5.41, 5.74) is 2.40. The highest BCUT2D eigenvalue weighted by Crippen LogP contribution is 2.29. The van der Waals surface area contributed by atoms with E-state index in [2.05, 4.69) is 36.8 Å². The number of carbonyl (C=O) groups excluding carboxylic acids is 1. The van der Waals surface area contributed by atoms with E-state index < -0.39 is 11.6 Å². The molecular weight excluding hydrogens is 416 g/mol. The van der Waals surface area contributed by atoms with E-state index in [1.165, 1.54) is 6.20 Å². The summed E-state index contributed by atoms with van der Waals surface area (Å²) >= 11 is 10.4. The van der Waals surface area contributed by atoms with Crippen LogP contribution in [0.4, 0.5) is 5.69 Å². The van der Waals surface area contributed by atoms with Gasteiger partial charge in [0.25, 0.3) is 5.91 Å². The molecule has 1 atom stereocenters. The lowest BCUT2D eigenvalue weighted by molar-refractivity contribution is -0.110. The van der Waals surface area contributed by atoms with Crippen molar-refractivity contribution in [3.63, 3.8) is 0 Å². The lowest BCUT2D eigenvalue weighted by Gasteiger charge is -2.31. The van der Waals surface area contributed by atoms with Gasteiger partial charge in [0, 0.05) is 16.2 Å². The van der Waals surface area contributed by atoms with Crippen molar-refractivity contribution in [1.29, 1.82) is 0 Å². The van der Waals surface area contributed by atoms with Gasteiger partial charge in [0.2, 0.25) is 0 Å². The molecule has 1 aliphatic heterocycles. The van der Waals surface area contributed by atoms with E-state index in [1.807, 2.05) is 12.1 Å². The predicted molar refractivity (Wildman–Crippen MR) is 98.9 cm³/mol. The molecule has 124 valence electrons. The zero-order valence-corrected chi connectivity index (χ0v) is 15.3. The fourth-order valence-electron chi connectivity index (χ4n) is 2.03. The van der Waals surface area contributed by atoms with Crippen molar-refractivity contribution in [2.75, 3.05) is 11.1 Å². The molecule has 0 saturated carbocycles. The molecule has 3 rings (SSSR count). The maximum atomic E-state index is 12.2. The number of halogens is 2. The Morgan fingerprint density at radius 2 is 2.12 bits per heavy atom. The van der Waals surface area contributed by atoms with Crippen LogP contribution >= 0.6 is 39.3 Å². The lowest BCUT2D eigenvalue weighted by atomic mass is 10.1. The van der Waals surface area contributed by atoms with Gasteiger partial charge < -0.3 is 10.4 Å². The van der Waals surface area contributed by atoms with Crippen LogP contribution in [0, 0.1) is 0 Å². The Morgan fingerprint density at radius 3 is 2.75 bits per heavy atom. The Bertz CT molecular complexity index is 802. The third-order valence-corrected chi connectivity index (χ3v) is 5.23. The molecule has 0 aliphatic carbocycles. The molecule has 3 N–H and O–H groups in total. The average Bonchev–Trinajstić information content (AvgIpc) is 2.58. The molecule has 0 spiro atoms. The number of amides is 1. The van der Waals surface area contributed by atoms with Crippen molar-refractivity contribution in [2.24, 2.45) is 5.10 Å². The van der Waals surface area contributed by atoms with Gasteiger partial charge >= 0.3 is 0 Å². The Morgan fingerprint density at radius 1 is 1.38 bits per heavy atom. The van der Waals surface area contributed by atoms with Crippen molar-refractivity contribution in [1.82, 2.24) is 10.4 Å². The minimum Gasteiger partial charge on any atom is -0.365 e. The zero-order chi connectivity index (χ0) is 17.2. The summed E-state index contributed by atoms with van der Waals surface area (Å²) in [6.45, 7) is 0. The number of benzene rings is 1. The highest BCUT2D eigenvalue weighted by Gasteiger charge is 2.34. The highest BCUT2D eigenvalue weighted by molar-refractivity contribution is 9.10. The lowest BCUT2D eigenvalue weighted by Crippen LogP contribution is -2.46. The summed E-state index contributed by atoms with van der Waals surface area (Å²) < 4.78 is 0.912. The maximum absolute atomic E-state index is 12.2. The Labute approximate surface area is 155 Å². The van der Waals surface area contributed by atoms with E-state index >= 15 is 0 Å². The molecule has 6 nitrogen and oxygen atoms in total. The van der Waals surface area contributed by atoms with Crippen LogP contribution in [0.5, 0.6) is 0 Å². The van der Waals surface area contributed by atoms with Gasteiger partial charge in [-0.3, -0.25) is 10.2 Å². The number of hydrogen-bond donors (Lipinski definition) is 3. The molecule has 9 heteroatoms. The predicted octanol–water partition coefficient (Wildman–Crippen LogP) is 2.93. The number of aliphatic hydroxyl groups is 1. The molecule has 1 unspecified atom stereocenters. The monoisotopic (exact) mass is 426 g/mol. The van der Waals surface area contributed by atoms with E-state index in [4.69, 9.17) is 11.6 Å². The molecule has 1 aromatic carbocycles. The minimum absolute atomic E-state index is 0.201. The molecule has 0 radical (unpaired) electrons. The topological polar surface area (TPSA) is 86.6 Å². The fraction of sp³-hybridized carbons (Fsp3) is 0.133. The molecule has 1 aliphatic rings. The molecule has 0 fully saturated rings. The van der Waals surface area contributed by atoms with Crippen molar-refractivity contribution in [3.8, 4) is 0 Å². The van der Waals surface area contributed by atoms with Crippen LogP contribution in [0.2, 0.25) is 5.15 Å². The van der Waals surface area contributed by atoms with Crippen LogP contribution in [0.3, 0.4) is 0 Å². The van der Waals surface area contributed by atoms with Crippen molar-refractivity contribution in [2.45, 2.75) is 5.72 Å². The van der Waals surface area contributed by atoms with Crippen LogP contribution in [-0.2, 0) is 10.5 Å². The smallest absolute Gasteiger partial charge is 0.282 e. The molecule has 1 aromatic heterocycles. The molecule has 0 saturated heterocycles. The van der Waals surface area contributed by atoms with Crippen molar-refractivity contribution >= 4 is 55.9 Å². The first kappa shape index (κ1) is 17.2. The molecule has 2 heterocycles. The Hall–Kier alpha value is -1.61. The average molecular weight is 428 g/mol. The summed E-state index contributed by atoms with van der Waals surface area (Å²) in [5.74, 6) is -0.179. The normalized spacial score (nSPS) is 20.0. The number of carbonyl (C=O) groups is 1. The third kappa shape index (κ3) is 3.72. The van der Waals surface area contributed by atoms with Crippen LogP contribution < -0.4 is 10.7 Å². The van der Waals surface area contributed by atoms with E-state index in [0.717, 1.165) is 16.2 Å². The number of aromatic nitrogens is 1. The highest BCUT2D eigenvalue weighted by atomic mass is 79.9. The first-order chi connectivity index (χ1) is 11.5. The summed E-state index contributed by atoms with van der Waals surface area (Å²) in [4.78, 5) is 16.1. The van der Waals surface area contributed by atoms with Crippen LogP contribution in [0.25, 0.3) is 0 Å². The van der Waals surface area contributed by atoms with Gasteiger partial charge in [-0.05, 0) is 24.3 Å². The number of hydrogen-bond acceptors (Lipinski definition) is 6. The van der Waals surface area contributed by atoms with Gasteiger partial charge in [-0.1, -0.05) is 51.4 Å². The first-order valence-corrected chi connectivity index (χ1v) is 9.01. The van der Waals surface area contributed by atoms with Crippen LogP contribution in [0.1, 0.15) is 5.56 Å². The van der Waals surface area contributed by atoms with Crippen molar-refractivity contribution in [3.05, 3.63) is 57.8 Å². The van der Waals surface area contributed by atoms with Crippen LogP contribution in [0.15, 0.2) is 52.2 Å². The van der Waals surface area contributed by atoms with Gasteiger partial charge in [-0.15, -0.1) is 0 Å². The van der Waals surface area contributed by atoms with Gasteiger partial charge in [0.05, 0.1) is 11.4 Å². The summed E-state index contributed by atoms with van der Waals surface area (Å²) in [7, 11) is 0. The standard InChI is InChI=1S/C15H12BrClN4O2S/c16-10-5-3-9(4-6-10)15(23)8-24-14(20-21-15)13(22)19-11-2-1-7-18-12(11)17/h1-7,21,23H,8H2,(H,19,22). The second-order valence-electron chi connectivity index (χ2n) is 4.98. The number of anilines is 1. The SMILES string of the molecule is O=C(Nc1cccnc1Cl)C1=NNC(O)(c2ccc(Br)cc2)CS1. The number of hydrazone groups is 1. The van der Waals surface area contributed by atoms with E-state index in [-0.39, 0.29) is 15.9 Å². The third-order valence-electron chi connectivity index (χ3n) is 3.28. The first-order valence-electron chi connectivity index (χ1n) is 6.86. The minimum atomic E-state index is -1.33. The van der Waals surface area contributed by atoms with Gasteiger partial charge in [0.1, 0.15) is 0 Å². The summed E-state index contributed by atoms with van der Waals surface area (Å²) in [6.07, 6.45) is 1.53. The quantitative estimate of drug-likeness (QED) is 0.656. The number of nitrogens with one attached hydrogen (secondary N) is 2. The molecule has 1 amide bonds. The van der Waals surface area contributed by atoms with Crippen molar-refractivity contribution < 1.29 is 9.90 Å². The second kappa shape index (κ2) is 7.10. The summed E-state index contributed by atoms with van der Waals surface area (Å²) in [5, 5.41) is 17.7. The molecule has 24 heavy (non-hydrogen) atoms. The zero-order valence-electron chi connectivity index (χ0n) is 12.2. The number of rotatable bonds is 3. The van der Waals surface area contributed by atoms with E-state index in [9.17, 15) is 9.90 Å². The fourth-order valence-corrected chi connectivity index (χ4v) is 3.33. The molecule has 2 aromatic rings. The maximum Gasteiger partial charge on any atom is 0.282 e. The number of pyridine rings is 1. The van der Waals surface area contributed by atoms with Crippen LogP contribution in [-0.4, -0.2) is 26.8 Å².